The quantitative estimate of drug-likeness (QED) is 0.813. The highest BCUT2D eigenvalue weighted by atomic mass is 16.2. The van der Waals surface area contributed by atoms with E-state index in [1.165, 1.54) is 31.2 Å². The molecule has 0 atom stereocenters. The predicted molar refractivity (Wildman–Crippen MR) is 118 cm³/mol. The highest BCUT2D eigenvalue weighted by molar-refractivity contribution is 5.93. The third-order valence-corrected chi connectivity index (χ3v) is 5.84. The molecular weight excluding hydrogens is 360 g/mol. The molecule has 5 heteroatoms. The number of pyridine rings is 1. The SMILES string of the molecule is O=C(c1cc(NC2CCCC2)ccn1)N1CCN(C/C=C/c2ccccc2)CC1. The van der Waals surface area contributed by atoms with Crippen LogP contribution in [-0.2, 0) is 0 Å². The summed E-state index contributed by atoms with van der Waals surface area (Å²) in [7, 11) is 0. The van der Waals surface area contributed by atoms with Gasteiger partial charge < -0.3 is 10.2 Å². The standard InChI is InChI=1S/C24H30N4O/c29-24(23-19-22(12-13-25-23)26-21-10-4-5-11-21)28-17-15-27(16-18-28)14-6-9-20-7-2-1-3-8-20/h1-3,6-9,12-13,19,21H,4-5,10-11,14-18H2,(H,25,26)/b9-6+. The lowest BCUT2D eigenvalue weighted by molar-refractivity contribution is 0.0644. The van der Waals surface area contributed by atoms with Crippen LogP contribution in [0.3, 0.4) is 0 Å². The maximum Gasteiger partial charge on any atom is 0.272 e. The largest absolute Gasteiger partial charge is 0.382 e. The van der Waals surface area contributed by atoms with Crippen LogP contribution in [0.5, 0.6) is 0 Å². The molecule has 2 fully saturated rings. The Morgan fingerprint density at radius 2 is 1.83 bits per heavy atom. The number of anilines is 1. The molecule has 0 bridgehead atoms. The molecule has 1 N–H and O–H groups in total. The lowest BCUT2D eigenvalue weighted by Crippen LogP contribution is -2.48. The van der Waals surface area contributed by atoms with Crippen LogP contribution in [0.25, 0.3) is 6.08 Å². The summed E-state index contributed by atoms with van der Waals surface area (Å²) in [6, 6.07) is 14.8. The molecule has 0 radical (unpaired) electrons. The molecule has 1 saturated heterocycles. The number of benzene rings is 1. The Kier molecular flexibility index (Phi) is 6.57. The first-order valence-electron chi connectivity index (χ1n) is 10.7. The topological polar surface area (TPSA) is 48.5 Å². The van der Waals surface area contributed by atoms with E-state index in [0.29, 0.717) is 11.7 Å². The Balaban J connectivity index is 1.27. The van der Waals surface area contributed by atoms with Gasteiger partial charge in [-0.15, -0.1) is 0 Å². The molecule has 1 saturated carbocycles. The lowest BCUT2D eigenvalue weighted by Gasteiger charge is -2.34. The number of piperazine rings is 1. The van der Waals surface area contributed by atoms with Gasteiger partial charge in [-0.3, -0.25) is 14.7 Å². The van der Waals surface area contributed by atoms with Crippen molar-refractivity contribution in [2.75, 3.05) is 38.0 Å². The zero-order chi connectivity index (χ0) is 19.9. The molecule has 1 aliphatic carbocycles. The van der Waals surface area contributed by atoms with Gasteiger partial charge in [-0.1, -0.05) is 55.3 Å². The van der Waals surface area contributed by atoms with E-state index in [0.717, 1.165) is 38.4 Å². The fraction of sp³-hybridized carbons (Fsp3) is 0.417. The minimum atomic E-state index is 0.0412. The lowest BCUT2D eigenvalue weighted by atomic mass is 10.2. The fourth-order valence-electron chi connectivity index (χ4n) is 4.14. The molecule has 152 valence electrons. The van der Waals surface area contributed by atoms with Gasteiger partial charge in [0, 0.05) is 50.6 Å². The Bertz CT molecular complexity index is 822. The van der Waals surface area contributed by atoms with E-state index in [-0.39, 0.29) is 5.91 Å². The van der Waals surface area contributed by atoms with Gasteiger partial charge in [-0.25, -0.2) is 0 Å². The molecule has 2 aromatic rings. The summed E-state index contributed by atoms with van der Waals surface area (Å²) < 4.78 is 0. The number of carbonyl (C=O) groups is 1. The molecule has 0 unspecified atom stereocenters. The maximum atomic E-state index is 12.9. The van der Waals surface area contributed by atoms with Crippen molar-refractivity contribution in [2.45, 2.75) is 31.7 Å². The van der Waals surface area contributed by atoms with Crippen LogP contribution in [-0.4, -0.2) is 59.5 Å². The smallest absolute Gasteiger partial charge is 0.272 e. The van der Waals surface area contributed by atoms with Gasteiger partial charge in [-0.2, -0.15) is 0 Å². The van der Waals surface area contributed by atoms with Crippen LogP contribution >= 0.6 is 0 Å². The summed E-state index contributed by atoms with van der Waals surface area (Å²) >= 11 is 0. The molecule has 4 rings (SSSR count). The zero-order valence-electron chi connectivity index (χ0n) is 17.0. The number of rotatable bonds is 6. The first kappa shape index (κ1) is 19.6. The van der Waals surface area contributed by atoms with E-state index in [2.05, 4.69) is 51.6 Å². The van der Waals surface area contributed by atoms with Crippen molar-refractivity contribution in [3.05, 3.63) is 66.0 Å². The second-order valence-electron chi connectivity index (χ2n) is 7.96. The molecule has 2 aliphatic rings. The molecule has 5 nitrogen and oxygen atoms in total. The van der Waals surface area contributed by atoms with Crippen molar-refractivity contribution in [3.8, 4) is 0 Å². The van der Waals surface area contributed by atoms with Gasteiger partial charge >= 0.3 is 0 Å². The maximum absolute atomic E-state index is 12.9. The number of nitrogens with zero attached hydrogens (tertiary/aromatic N) is 3. The number of amides is 1. The van der Waals surface area contributed by atoms with Crippen LogP contribution in [0.1, 0.15) is 41.7 Å². The zero-order valence-corrected chi connectivity index (χ0v) is 17.0. The molecular formula is C24H30N4O. The van der Waals surface area contributed by atoms with E-state index in [1.54, 1.807) is 6.20 Å². The summed E-state index contributed by atoms with van der Waals surface area (Å²) in [5.74, 6) is 0.0412. The Hall–Kier alpha value is -2.66. The minimum absolute atomic E-state index is 0.0412. The Labute approximate surface area is 173 Å². The van der Waals surface area contributed by atoms with E-state index in [4.69, 9.17) is 0 Å². The highest BCUT2D eigenvalue weighted by Gasteiger charge is 2.23. The van der Waals surface area contributed by atoms with Gasteiger partial charge in [0.1, 0.15) is 5.69 Å². The van der Waals surface area contributed by atoms with Gasteiger partial charge in [0.05, 0.1) is 0 Å². The van der Waals surface area contributed by atoms with Crippen LogP contribution in [0, 0.1) is 0 Å². The van der Waals surface area contributed by atoms with Crippen molar-refractivity contribution in [2.24, 2.45) is 0 Å². The third kappa shape index (κ3) is 5.45. The van der Waals surface area contributed by atoms with Crippen molar-refractivity contribution >= 4 is 17.7 Å². The number of hydrogen-bond acceptors (Lipinski definition) is 4. The summed E-state index contributed by atoms with van der Waals surface area (Å²) in [4.78, 5) is 21.5. The van der Waals surface area contributed by atoms with Gasteiger partial charge in [0.15, 0.2) is 0 Å². The van der Waals surface area contributed by atoms with Gasteiger partial charge in [-0.05, 0) is 30.5 Å². The normalized spacial score (nSPS) is 18.4. The van der Waals surface area contributed by atoms with Crippen molar-refractivity contribution in [3.63, 3.8) is 0 Å². The van der Waals surface area contributed by atoms with Gasteiger partial charge in [0.2, 0.25) is 0 Å². The summed E-state index contributed by atoms with van der Waals surface area (Å²) in [5, 5.41) is 3.56. The van der Waals surface area contributed by atoms with Crippen molar-refractivity contribution in [1.29, 1.82) is 0 Å². The van der Waals surface area contributed by atoms with Crippen LogP contribution in [0.15, 0.2) is 54.7 Å². The van der Waals surface area contributed by atoms with E-state index >= 15 is 0 Å². The van der Waals surface area contributed by atoms with Crippen molar-refractivity contribution in [1.82, 2.24) is 14.8 Å². The second-order valence-corrected chi connectivity index (χ2v) is 7.96. The number of nitrogens with one attached hydrogen (secondary N) is 1. The van der Waals surface area contributed by atoms with E-state index < -0.39 is 0 Å². The van der Waals surface area contributed by atoms with E-state index in [1.807, 2.05) is 23.1 Å². The van der Waals surface area contributed by atoms with Gasteiger partial charge in [0.25, 0.3) is 5.91 Å². The molecule has 1 aromatic heterocycles. The summed E-state index contributed by atoms with van der Waals surface area (Å²) in [6.07, 6.45) is 11.1. The average molecular weight is 391 g/mol. The molecule has 2 heterocycles. The number of aromatic nitrogens is 1. The number of hydrogen-bond donors (Lipinski definition) is 1. The highest BCUT2D eigenvalue weighted by Crippen LogP contribution is 2.22. The van der Waals surface area contributed by atoms with E-state index in [9.17, 15) is 4.79 Å². The first-order chi connectivity index (χ1) is 14.3. The monoisotopic (exact) mass is 390 g/mol. The first-order valence-corrected chi connectivity index (χ1v) is 10.7. The molecule has 29 heavy (non-hydrogen) atoms. The molecule has 1 aliphatic heterocycles. The summed E-state index contributed by atoms with van der Waals surface area (Å²) in [5.41, 5.74) is 2.78. The minimum Gasteiger partial charge on any atom is -0.382 e. The predicted octanol–water partition coefficient (Wildman–Crippen LogP) is 3.91. The molecule has 1 amide bonds. The Morgan fingerprint density at radius 1 is 1.07 bits per heavy atom. The second kappa shape index (κ2) is 9.70. The number of carbonyl (C=O) groups excluding carboxylic acids is 1. The van der Waals surface area contributed by atoms with Crippen LogP contribution < -0.4 is 5.32 Å². The van der Waals surface area contributed by atoms with Crippen LogP contribution in [0.2, 0.25) is 0 Å². The molecule has 0 spiro atoms. The fourth-order valence-corrected chi connectivity index (χ4v) is 4.14. The third-order valence-electron chi connectivity index (χ3n) is 5.84. The summed E-state index contributed by atoms with van der Waals surface area (Å²) in [6.45, 7) is 4.20. The molecule has 1 aromatic carbocycles. The van der Waals surface area contributed by atoms with Crippen LogP contribution in [0.4, 0.5) is 5.69 Å². The average Bonchev–Trinajstić information content (AvgIpc) is 3.28. The van der Waals surface area contributed by atoms with Crippen molar-refractivity contribution < 1.29 is 4.79 Å². The Morgan fingerprint density at radius 3 is 2.59 bits per heavy atom.